The Hall–Kier alpha value is -1.14. The van der Waals surface area contributed by atoms with E-state index in [1.165, 1.54) is 12.8 Å². The van der Waals surface area contributed by atoms with Gasteiger partial charge in [0.15, 0.2) is 0 Å². The van der Waals surface area contributed by atoms with Crippen LogP contribution in [0.3, 0.4) is 0 Å². The largest absolute Gasteiger partial charge is 0.481 e. The number of nitrogens with zero attached hydrogens (tertiary/aromatic N) is 1. The number of carbonyl (C=O) groups is 2. The molecule has 2 aliphatic rings. The number of ether oxygens (including phenoxy) is 1. The summed E-state index contributed by atoms with van der Waals surface area (Å²) in [6.07, 6.45) is 4.32. The molecule has 0 aromatic heterocycles. The van der Waals surface area contributed by atoms with Crippen molar-refractivity contribution in [2.24, 2.45) is 5.92 Å². The molecule has 0 radical (unpaired) electrons. The summed E-state index contributed by atoms with van der Waals surface area (Å²) in [7, 11) is 0. The monoisotopic (exact) mass is 284 g/mol. The highest BCUT2D eigenvalue weighted by atomic mass is 16.5. The van der Waals surface area contributed by atoms with E-state index < -0.39 is 5.97 Å². The molecule has 0 bridgehead atoms. The summed E-state index contributed by atoms with van der Waals surface area (Å²) in [4.78, 5) is 24.2. The van der Waals surface area contributed by atoms with Gasteiger partial charge in [-0.3, -0.25) is 9.59 Å². The fourth-order valence-corrected chi connectivity index (χ4v) is 2.40. The van der Waals surface area contributed by atoms with Gasteiger partial charge in [0.2, 0.25) is 5.91 Å². The third kappa shape index (κ3) is 5.46. The van der Waals surface area contributed by atoms with Crippen molar-refractivity contribution in [2.75, 3.05) is 32.8 Å². The van der Waals surface area contributed by atoms with Crippen LogP contribution in [0.4, 0.5) is 0 Å². The minimum atomic E-state index is -0.834. The first kappa shape index (κ1) is 15.3. The molecule has 114 valence electrons. The molecule has 0 aromatic rings. The number of hydrogen-bond acceptors (Lipinski definition) is 4. The number of carbonyl (C=O) groups excluding carboxylic acids is 1. The van der Waals surface area contributed by atoms with Gasteiger partial charge in [0.25, 0.3) is 0 Å². The average molecular weight is 284 g/mol. The van der Waals surface area contributed by atoms with Crippen LogP contribution < -0.4 is 5.32 Å². The van der Waals surface area contributed by atoms with Gasteiger partial charge in [-0.2, -0.15) is 0 Å². The quantitative estimate of drug-likeness (QED) is 0.677. The Morgan fingerprint density at radius 3 is 2.50 bits per heavy atom. The smallest absolute Gasteiger partial charge is 0.305 e. The number of piperidine rings is 1. The average Bonchev–Trinajstić information content (AvgIpc) is 3.23. The number of carboxylic acids is 1. The Balaban J connectivity index is 1.55. The summed E-state index contributed by atoms with van der Waals surface area (Å²) in [5.41, 5.74) is 0. The first-order valence-electron chi connectivity index (χ1n) is 7.47. The summed E-state index contributed by atoms with van der Waals surface area (Å²) in [6, 6.07) is 0. The number of nitrogens with one attached hydrogen (secondary N) is 1. The van der Waals surface area contributed by atoms with Crippen molar-refractivity contribution in [3.05, 3.63) is 0 Å². The second-order valence-corrected chi connectivity index (χ2v) is 5.67. The van der Waals surface area contributed by atoms with E-state index in [1.807, 2.05) is 4.90 Å². The van der Waals surface area contributed by atoms with Gasteiger partial charge in [-0.1, -0.05) is 0 Å². The number of hydrogen-bond donors (Lipinski definition) is 2. The second kappa shape index (κ2) is 7.59. The summed E-state index contributed by atoms with van der Waals surface area (Å²) in [5.74, 6) is 0.116. The second-order valence-electron chi connectivity index (χ2n) is 5.67. The van der Waals surface area contributed by atoms with Gasteiger partial charge in [-0.05, 0) is 38.1 Å². The Morgan fingerprint density at radius 2 is 1.90 bits per heavy atom. The summed E-state index contributed by atoms with van der Waals surface area (Å²) in [5, 5.41) is 11.8. The summed E-state index contributed by atoms with van der Waals surface area (Å²) >= 11 is 0. The van der Waals surface area contributed by atoms with E-state index in [-0.39, 0.29) is 25.0 Å². The predicted octanol–water partition coefficient (Wildman–Crippen LogP) is 0.468. The van der Waals surface area contributed by atoms with Gasteiger partial charge in [-0.15, -0.1) is 0 Å². The van der Waals surface area contributed by atoms with E-state index in [1.54, 1.807) is 0 Å². The van der Waals surface area contributed by atoms with Gasteiger partial charge in [-0.25, -0.2) is 0 Å². The van der Waals surface area contributed by atoms with E-state index in [4.69, 9.17) is 9.84 Å². The van der Waals surface area contributed by atoms with Crippen LogP contribution in [-0.4, -0.2) is 60.8 Å². The molecule has 6 nitrogen and oxygen atoms in total. The summed E-state index contributed by atoms with van der Waals surface area (Å²) in [6.45, 7) is 3.07. The van der Waals surface area contributed by atoms with Crippen LogP contribution in [0, 0.1) is 5.92 Å². The van der Waals surface area contributed by atoms with Crippen molar-refractivity contribution in [3.63, 3.8) is 0 Å². The molecule has 1 saturated carbocycles. The Morgan fingerprint density at radius 1 is 1.20 bits per heavy atom. The zero-order valence-corrected chi connectivity index (χ0v) is 11.8. The van der Waals surface area contributed by atoms with Crippen molar-refractivity contribution >= 4 is 11.9 Å². The molecule has 0 atom stereocenters. The first-order valence-corrected chi connectivity index (χ1v) is 7.47. The minimum Gasteiger partial charge on any atom is -0.481 e. The van der Waals surface area contributed by atoms with Gasteiger partial charge >= 0.3 is 5.97 Å². The maximum Gasteiger partial charge on any atom is 0.305 e. The third-order valence-corrected chi connectivity index (χ3v) is 3.87. The zero-order chi connectivity index (χ0) is 14.4. The number of amides is 1. The molecule has 0 aromatic carbocycles. The molecule has 2 N–H and O–H groups in total. The van der Waals surface area contributed by atoms with Crippen LogP contribution in [0.2, 0.25) is 0 Å². The lowest BCUT2D eigenvalue weighted by atomic mass is 10.1. The minimum absolute atomic E-state index is 0.0459. The van der Waals surface area contributed by atoms with Crippen LogP contribution >= 0.6 is 0 Å². The van der Waals surface area contributed by atoms with Gasteiger partial charge in [0.1, 0.15) is 0 Å². The Kier molecular flexibility index (Phi) is 5.79. The van der Waals surface area contributed by atoms with Crippen molar-refractivity contribution < 1.29 is 19.4 Å². The number of likely N-dealkylation sites (tertiary alicyclic amines) is 1. The third-order valence-electron chi connectivity index (χ3n) is 3.87. The Bertz CT molecular complexity index is 336. The first-order chi connectivity index (χ1) is 9.65. The molecule has 1 heterocycles. The fraction of sp³-hybridized carbons (Fsp3) is 0.857. The topological polar surface area (TPSA) is 78.9 Å². The molecule has 2 fully saturated rings. The van der Waals surface area contributed by atoms with E-state index in [2.05, 4.69) is 5.32 Å². The lowest BCUT2D eigenvalue weighted by Crippen LogP contribution is -2.44. The van der Waals surface area contributed by atoms with Crippen molar-refractivity contribution in [1.82, 2.24) is 10.2 Å². The summed E-state index contributed by atoms with van der Waals surface area (Å²) < 4.78 is 5.51. The molecule has 1 aliphatic heterocycles. The molecule has 6 heteroatoms. The standard InChI is InChI=1S/C14H24N2O4/c17-13(10-15-9-11-1-2-11)16-6-3-12(4-7-16)20-8-5-14(18)19/h11-12,15H,1-10H2,(H,18,19). The number of carboxylic acid groups (broad SMARTS) is 1. The maximum absolute atomic E-state index is 12.0. The van der Waals surface area contributed by atoms with Gasteiger partial charge in [0, 0.05) is 13.1 Å². The Labute approximate surface area is 119 Å². The van der Waals surface area contributed by atoms with E-state index in [0.717, 1.165) is 25.3 Å². The van der Waals surface area contributed by atoms with Crippen molar-refractivity contribution in [2.45, 2.75) is 38.2 Å². The molecule has 2 rings (SSSR count). The van der Waals surface area contributed by atoms with Crippen LogP contribution in [0.5, 0.6) is 0 Å². The molecule has 0 unspecified atom stereocenters. The van der Waals surface area contributed by atoms with E-state index in [0.29, 0.717) is 19.6 Å². The van der Waals surface area contributed by atoms with Crippen LogP contribution in [0.1, 0.15) is 32.1 Å². The van der Waals surface area contributed by atoms with E-state index >= 15 is 0 Å². The predicted molar refractivity (Wildman–Crippen MR) is 73.4 cm³/mol. The molecule has 1 saturated heterocycles. The fourth-order valence-electron chi connectivity index (χ4n) is 2.40. The highest BCUT2D eigenvalue weighted by Crippen LogP contribution is 2.27. The van der Waals surface area contributed by atoms with Crippen LogP contribution in [0.25, 0.3) is 0 Å². The van der Waals surface area contributed by atoms with Crippen LogP contribution in [-0.2, 0) is 14.3 Å². The lowest BCUT2D eigenvalue weighted by molar-refractivity contribution is -0.139. The number of rotatable bonds is 8. The van der Waals surface area contributed by atoms with Gasteiger partial charge in [0.05, 0.1) is 25.7 Å². The SMILES string of the molecule is O=C(O)CCOC1CCN(C(=O)CNCC2CC2)CC1. The molecule has 1 aliphatic carbocycles. The van der Waals surface area contributed by atoms with Crippen molar-refractivity contribution in [3.8, 4) is 0 Å². The number of aliphatic carboxylic acids is 1. The highest BCUT2D eigenvalue weighted by Gasteiger charge is 2.24. The highest BCUT2D eigenvalue weighted by molar-refractivity contribution is 5.78. The molecular weight excluding hydrogens is 260 g/mol. The van der Waals surface area contributed by atoms with E-state index in [9.17, 15) is 9.59 Å². The van der Waals surface area contributed by atoms with Crippen molar-refractivity contribution in [1.29, 1.82) is 0 Å². The maximum atomic E-state index is 12.0. The van der Waals surface area contributed by atoms with Gasteiger partial charge < -0.3 is 20.1 Å². The molecule has 0 spiro atoms. The molecule has 1 amide bonds. The lowest BCUT2D eigenvalue weighted by Gasteiger charge is -2.32. The molecule has 20 heavy (non-hydrogen) atoms. The normalized spacial score (nSPS) is 20.1. The molecular formula is C14H24N2O4. The van der Waals surface area contributed by atoms with Crippen LogP contribution in [0.15, 0.2) is 0 Å². The zero-order valence-electron chi connectivity index (χ0n) is 11.8.